The van der Waals surface area contributed by atoms with Crippen molar-refractivity contribution in [1.82, 2.24) is 0 Å². The summed E-state index contributed by atoms with van der Waals surface area (Å²) in [6.45, 7) is 0. The van der Waals surface area contributed by atoms with E-state index in [1.165, 1.54) is 65.7 Å². The molecule has 0 unspecified atom stereocenters. The van der Waals surface area contributed by atoms with E-state index in [4.69, 9.17) is 4.42 Å². The molecule has 0 atom stereocenters. The average Bonchev–Trinajstić information content (AvgIpc) is 3.73. The molecule has 0 amide bonds. The molecular weight excluding hydrogens is 751 g/mol. The van der Waals surface area contributed by atoms with Crippen LogP contribution in [0.5, 0.6) is 0 Å². The van der Waals surface area contributed by atoms with E-state index in [0.29, 0.717) is 0 Å². The third-order valence-corrected chi connectivity index (χ3v) is 12.4. The summed E-state index contributed by atoms with van der Waals surface area (Å²) < 4.78 is 6.33. The molecule has 12 rings (SSSR count). The Morgan fingerprint density at radius 3 is 1.63 bits per heavy atom. The number of benzene rings is 11. The van der Waals surface area contributed by atoms with Crippen LogP contribution in [0.15, 0.2) is 241 Å². The second kappa shape index (κ2) is 14.8. The zero-order valence-electron chi connectivity index (χ0n) is 33.9. The molecule has 2 heteroatoms. The summed E-state index contributed by atoms with van der Waals surface area (Å²) in [4.78, 5) is 2.39. The minimum atomic E-state index is 0.891. The predicted octanol–water partition coefficient (Wildman–Crippen LogP) is 17.2. The molecule has 0 spiro atoms. The lowest BCUT2D eigenvalue weighted by atomic mass is 9.94. The zero-order valence-corrected chi connectivity index (χ0v) is 33.9. The van der Waals surface area contributed by atoms with Crippen LogP contribution in [0.4, 0.5) is 17.1 Å². The normalized spacial score (nSPS) is 11.5. The highest BCUT2D eigenvalue weighted by atomic mass is 16.3. The van der Waals surface area contributed by atoms with Crippen molar-refractivity contribution in [3.63, 3.8) is 0 Å². The molecule has 1 heterocycles. The Kier molecular flexibility index (Phi) is 8.53. The molecule has 12 aromatic rings. The fourth-order valence-electron chi connectivity index (χ4n) is 9.43. The van der Waals surface area contributed by atoms with Crippen molar-refractivity contribution in [3.8, 4) is 44.5 Å². The summed E-state index contributed by atoms with van der Waals surface area (Å²) in [6.07, 6.45) is 0. The van der Waals surface area contributed by atoms with E-state index in [1.54, 1.807) is 0 Å². The number of rotatable bonds is 7. The van der Waals surface area contributed by atoms with E-state index in [9.17, 15) is 0 Å². The number of para-hydroxylation sites is 1. The highest BCUT2D eigenvalue weighted by molar-refractivity contribution is 6.13. The summed E-state index contributed by atoms with van der Waals surface area (Å²) in [5.41, 5.74) is 14.4. The molecule has 1 aromatic heterocycles. The monoisotopic (exact) mass is 789 g/mol. The van der Waals surface area contributed by atoms with E-state index in [2.05, 4.69) is 229 Å². The molecule has 0 N–H and O–H groups in total. The molecule has 0 radical (unpaired) electrons. The van der Waals surface area contributed by atoms with Crippen LogP contribution < -0.4 is 4.90 Å². The standard InChI is InChI=1S/C60H39NO/c1-2-14-43-37-46(29-28-40(43)12-1)45-16-7-15-44(36-45)41-30-33-49(34-31-41)61(51-20-9-18-48(39-51)54-24-11-27-59-60(54)57-22-5-6-26-58(57)62-59)50-19-8-17-47(38-50)53-23-10-25-55-52-21-4-3-13-42(52)32-35-56(53)55/h1-39H. The second-order valence-electron chi connectivity index (χ2n) is 16.1. The first-order chi connectivity index (χ1) is 30.7. The van der Waals surface area contributed by atoms with Gasteiger partial charge in [0.1, 0.15) is 11.2 Å². The summed E-state index contributed by atoms with van der Waals surface area (Å²) in [6, 6.07) is 85.6. The second-order valence-corrected chi connectivity index (χ2v) is 16.1. The van der Waals surface area contributed by atoms with Crippen molar-refractivity contribution in [1.29, 1.82) is 0 Å². The largest absolute Gasteiger partial charge is 0.456 e. The quantitative estimate of drug-likeness (QED) is 0.150. The Morgan fingerprint density at radius 1 is 0.258 bits per heavy atom. The first kappa shape index (κ1) is 35.7. The molecule has 0 aliphatic heterocycles. The number of hydrogen-bond donors (Lipinski definition) is 0. The van der Waals surface area contributed by atoms with Crippen molar-refractivity contribution in [2.45, 2.75) is 0 Å². The Balaban J connectivity index is 0.982. The molecule has 2 nitrogen and oxygen atoms in total. The lowest BCUT2D eigenvalue weighted by molar-refractivity contribution is 0.669. The fraction of sp³-hybridized carbons (Fsp3) is 0. The number of furan rings is 1. The summed E-state index contributed by atoms with van der Waals surface area (Å²) in [5.74, 6) is 0. The minimum Gasteiger partial charge on any atom is -0.456 e. The number of nitrogens with zero attached hydrogens (tertiary/aromatic N) is 1. The van der Waals surface area contributed by atoms with Gasteiger partial charge in [-0.1, -0.05) is 176 Å². The fourth-order valence-corrected chi connectivity index (χ4v) is 9.43. The van der Waals surface area contributed by atoms with Gasteiger partial charge in [0, 0.05) is 27.8 Å². The summed E-state index contributed by atoms with van der Waals surface area (Å²) in [5, 5.41) is 9.77. The van der Waals surface area contributed by atoms with Gasteiger partial charge in [-0.05, 0) is 137 Å². The van der Waals surface area contributed by atoms with E-state index in [-0.39, 0.29) is 0 Å². The van der Waals surface area contributed by atoms with Crippen LogP contribution in [-0.2, 0) is 0 Å². The van der Waals surface area contributed by atoms with Crippen LogP contribution in [0.25, 0.3) is 98.8 Å². The van der Waals surface area contributed by atoms with E-state index >= 15 is 0 Å². The Bertz CT molecular complexity index is 3650. The number of hydrogen-bond acceptors (Lipinski definition) is 2. The summed E-state index contributed by atoms with van der Waals surface area (Å²) in [7, 11) is 0. The van der Waals surface area contributed by atoms with Gasteiger partial charge >= 0.3 is 0 Å². The van der Waals surface area contributed by atoms with Crippen LogP contribution in [0.2, 0.25) is 0 Å². The third kappa shape index (κ3) is 6.20. The van der Waals surface area contributed by atoms with Gasteiger partial charge in [0.05, 0.1) is 0 Å². The molecule has 62 heavy (non-hydrogen) atoms. The van der Waals surface area contributed by atoms with Crippen LogP contribution in [0, 0.1) is 0 Å². The number of anilines is 3. The van der Waals surface area contributed by atoms with Gasteiger partial charge < -0.3 is 9.32 Å². The molecule has 0 aliphatic rings. The Morgan fingerprint density at radius 2 is 0.806 bits per heavy atom. The zero-order chi connectivity index (χ0) is 41.0. The molecular formula is C60H39NO. The molecule has 290 valence electrons. The van der Waals surface area contributed by atoms with Crippen molar-refractivity contribution in [2.75, 3.05) is 4.90 Å². The smallest absolute Gasteiger partial charge is 0.136 e. The molecule has 0 aliphatic carbocycles. The van der Waals surface area contributed by atoms with E-state index < -0.39 is 0 Å². The maximum Gasteiger partial charge on any atom is 0.136 e. The van der Waals surface area contributed by atoms with Crippen LogP contribution in [-0.4, -0.2) is 0 Å². The number of fused-ring (bicyclic) bond motifs is 7. The van der Waals surface area contributed by atoms with Gasteiger partial charge in [0.25, 0.3) is 0 Å². The maximum atomic E-state index is 6.33. The Hall–Kier alpha value is -8.20. The molecule has 11 aromatic carbocycles. The van der Waals surface area contributed by atoms with Crippen molar-refractivity contribution in [3.05, 3.63) is 237 Å². The van der Waals surface area contributed by atoms with E-state index in [0.717, 1.165) is 50.1 Å². The SMILES string of the molecule is c1cc(-c2ccc(N(c3cccc(-c4cccc5c4ccc4ccccc45)c3)c3cccc(-c4cccc5oc6ccccc6c45)c3)cc2)cc(-c2ccc3ccccc3c2)c1. The lowest BCUT2D eigenvalue weighted by Crippen LogP contribution is -2.10. The van der Waals surface area contributed by atoms with Crippen LogP contribution in [0.1, 0.15) is 0 Å². The van der Waals surface area contributed by atoms with Gasteiger partial charge in [-0.15, -0.1) is 0 Å². The summed E-state index contributed by atoms with van der Waals surface area (Å²) >= 11 is 0. The first-order valence-electron chi connectivity index (χ1n) is 21.2. The van der Waals surface area contributed by atoms with Crippen molar-refractivity contribution in [2.24, 2.45) is 0 Å². The highest BCUT2D eigenvalue weighted by Gasteiger charge is 2.18. The van der Waals surface area contributed by atoms with Crippen molar-refractivity contribution < 1.29 is 4.42 Å². The third-order valence-electron chi connectivity index (χ3n) is 12.4. The first-order valence-corrected chi connectivity index (χ1v) is 21.2. The topological polar surface area (TPSA) is 16.4 Å². The molecule has 0 saturated heterocycles. The van der Waals surface area contributed by atoms with Gasteiger partial charge in [-0.3, -0.25) is 0 Å². The predicted molar refractivity (Wildman–Crippen MR) is 263 cm³/mol. The molecule has 0 fully saturated rings. The maximum absolute atomic E-state index is 6.33. The van der Waals surface area contributed by atoms with Crippen molar-refractivity contribution >= 4 is 71.3 Å². The lowest BCUT2D eigenvalue weighted by Gasteiger charge is -2.27. The minimum absolute atomic E-state index is 0.891. The van der Waals surface area contributed by atoms with Crippen LogP contribution >= 0.6 is 0 Å². The van der Waals surface area contributed by atoms with E-state index in [1.807, 2.05) is 12.1 Å². The average molecular weight is 790 g/mol. The van der Waals surface area contributed by atoms with Gasteiger partial charge in [-0.2, -0.15) is 0 Å². The van der Waals surface area contributed by atoms with Gasteiger partial charge in [0.15, 0.2) is 0 Å². The van der Waals surface area contributed by atoms with Gasteiger partial charge in [-0.25, -0.2) is 0 Å². The molecule has 0 saturated carbocycles. The Labute approximate surface area is 360 Å². The molecule has 0 bridgehead atoms. The van der Waals surface area contributed by atoms with Crippen LogP contribution in [0.3, 0.4) is 0 Å². The highest BCUT2D eigenvalue weighted by Crippen LogP contribution is 2.43. The van der Waals surface area contributed by atoms with Gasteiger partial charge in [0.2, 0.25) is 0 Å².